The topological polar surface area (TPSA) is 49.3 Å². The average molecular weight is 243 g/mol. The molecule has 0 aromatic carbocycles. The zero-order valence-electron chi connectivity index (χ0n) is 10.0. The Morgan fingerprint density at radius 3 is 2.69 bits per heavy atom. The Morgan fingerprint density at radius 2 is 2.12 bits per heavy atom. The molecule has 0 aromatic rings. The van der Waals surface area contributed by atoms with Crippen LogP contribution in [-0.2, 0) is 4.79 Å². The lowest BCUT2D eigenvalue weighted by Gasteiger charge is -2.22. The smallest absolute Gasteiger partial charge is 0.223 e. The van der Waals surface area contributed by atoms with Crippen LogP contribution in [-0.4, -0.2) is 35.2 Å². The van der Waals surface area contributed by atoms with E-state index >= 15 is 0 Å². The van der Waals surface area contributed by atoms with E-state index in [0.717, 1.165) is 0 Å². The quantitative estimate of drug-likeness (QED) is 0.764. The van der Waals surface area contributed by atoms with E-state index in [-0.39, 0.29) is 11.8 Å². The lowest BCUT2D eigenvalue weighted by Crippen LogP contribution is -2.43. The van der Waals surface area contributed by atoms with Crippen LogP contribution in [0.25, 0.3) is 0 Å². The minimum absolute atomic E-state index is 0.163. The van der Waals surface area contributed by atoms with Crippen LogP contribution in [0.5, 0.6) is 0 Å². The molecule has 3 atom stereocenters. The molecular weight excluding hydrogens is 222 g/mol. The van der Waals surface area contributed by atoms with Crippen LogP contribution in [0.15, 0.2) is 0 Å². The van der Waals surface area contributed by atoms with Crippen molar-refractivity contribution in [2.24, 2.45) is 17.8 Å². The lowest BCUT2D eigenvalue weighted by atomic mass is 10.1. The number of carbonyl (C=O) groups excluding carboxylic acids is 1. The number of carbonyl (C=O) groups is 1. The lowest BCUT2D eigenvalue weighted by molar-refractivity contribution is -0.124. The molecule has 0 aliphatic heterocycles. The molecule has 0 radical (unpaired) electrons. The molecule has 0 bridgehead atoms. The molecule has 2 saturated carbocycles. The molecule has 0 heterocycles. The van der Waals surface area contributed by atoms with Gasteiger partial charge in [0.2, 0.25) is 5.91 Å². The Bertz CT molecular complexity index is 270. The number of thioether (sulfide) groups is 1. The second-order valence-corrected chi connectivity index (χ2v) is 6.30. The van der Waals surface area contributed by atoms with Crippen LogP contribution in [0.3, 0.4) is 0 Å². The monoisotopic (exact) mass is 243 g/mol. The van der Waals surface area contributed by atoms with Gasteiger partial charge >= 0.3 is 0 Å². The number of fused-ring (bicyclic) bond motifs is 1. The predicted molar refractivity (Wildman–Crippen MR) is 66.3 cm³/mol. The molecule has 0 spiro atoms. The fourth-order valence-corrected chi connectivity index (χ4v) is 3.69. The molecule has 2 rings (SSSR count). The minimum atomic E-state index is -0.779. The zero-order chi connectivity index (χ0) is 11.8. The van der Waals surface area contributed by atoms with Crippen molar-refractivity contribution in [3.63, 3.8) is 0 Å². The Morgan fingerprint density at radius 1 is 1.50 bits per heavy atom. The third-order valence-corrected chi connectivity index (χ3v) is 4.72. The van der Waals surface area contributed by atoms with Crippen LogP contribution >= 0.6 is 11.8 Å². The van der Waals surface area contributed by atoms with Crippen molar-refractivity contribution >= 4 is 17.7 Å². The molecule has 0 saturated heterocycles. The van der Waals surface area contributed by atoms with Crippen molar-refractivity contribution in [2.75, 3.05) is 18.6 Å². The van der Waals surface area contributed by atoms with Gasteiger partial charge in [0.05, 0.1) is 5.60 Å². The van der Waals surface area contributed by atoms with E-state index in [9.17, 15) is 9.90 Å². The Hall–Kier alpha value is -0.220. The maximum atomic E-state index is 11.8. The molecular formula is C12H21NO2S. The molecule has 0 aromatic heterocycles. The summed E-state index contributed by atoms with van der Waals surface area (Å²) in [5, 5.41) is 12.8. The molecule has 16 heavy (non-hydrogen) atoms. The molecule has 2 aliphatic rings. The summed E-state index contributed by atoms with van der Waals surface area (Å²) in [6.07, 6.45) is 5.71. The highest BCUT2D eigenvalue weighted by Crippen LogP contribution is 2.57. The first-order valence-corrected chi connectivity index (χ1v) is 7.43. The maximum Gasteiger partial charge on any atom is 0.223 e. The van der Waals surface area contributed by atoms with E-state index in [0.29, 0.717) is 24.1 Å². The van der Waals surface area contributed by atoms with Crippen molar-refractivity contribution in [3.05, 3.63) is 0 Å². The summed E-state index contributed by atoms with van der Waals surface area (Å²) in [5.74, 6) is 2.40. The summed E-state index contributed by atoms with van der Waals surface area (Å²) in [7, 11) is 0. The van der Waals surface area contributed by atoms with Crippen LogP contribution in [0, 0.1) is 17.8 Å². The van der Waals surface area contributed by atoms with E-state index in [1.807, 2.05) is 6.26 Å². The van der Waals surface area contributed by atoms with Gasteiger partial charge in [-0.1, -0.05) is 6.42 Å². The summed E-state index contributed by atoms with van der Waals surface area (Å²) in [5.41, 5.74) is -0.779. The van der Waals surface area contributed by atoms with E-state index in [4.69, 9.17) is 0 Å². The molecule has 3 nitrogen and oxygen atoms in total. The van der Waals surface area contributed by atoms with Crippen molar-refractivity contribution < 1.29 is 9.90 Å². The van der Waals surface area contributed by atoms with Crippen LogP contribution in [0.2, 0.25) is 0 Å². The van der Waals surface area contributed by atoms with Gasteiger partial charge in [-0.15, -0.1) is 0 Å². The van der Waals surface area contributed by atoms with Crippen LogP contribution in [0.4, 0.5) is 0 Å². The third kappa shape index (κ3) is 2.54. The first-order valence-electron chi connectivity index (χ1n) is 6.04. The summed E-state index contributed by atoms with van der Waals surface area (Å²) in [4.78, 5) is 11.8. The van der Waals surface area contributed by atoms with Crippen LogP contribution in [0.1, 0.15) is 26.2 Å². The molecule has 2 aliphatic carbocycles. The van der Waals surface area contributed by atoms with E-state index in [1.165, 1.54) is 19.3 Å². The van der Waals surface area contributed by atoms with Crippen molar-refractivity contribution in [2.45, 2.75) is 31.8 Å². The standard InChI is InChI=1S/C12H21NO2S/c1-12(15,7-16-2)6-13-11(14)10-8-4-3-5-9(8)10/h8-10,15H,3-7H2,1-2H3,(H,13,14). The number of nitrogens with one attached hydrogen (secondary N) is 1. The Balaban J connectivity index is 1.72. The van der Waals surface area contributed by atoms with Gasteiger partial charge < -0.3 is 10.4 Å². The van der Waals surface area contributed by atoms with Gasteiger partial charge in [-0.05, 0) is 37.9 Å². The van der Waals surface area contributed by atoms with Gasteiger partial charge in [-0.3, -0.25) is 4.79 Å². The highest BCUT2D eigenvalue weighted by Gasteiger charge is 2.56. The summed E-state index contributed by atoms with van der Waals surface area (Å²) >= 11 is 1.60. The van der Waals surface area contributed by atoms with Gasteiger partial charge in [0.25, 0.3) is 0 Å². The fraction of sp³-hybridized carbons (Fsp3) is 0.917. The number of hydrogen-bond acceptors (Lipinski definition) is 3. The van der Waals surface area contributed by atoms with Gasteiger partial charge in [0.15, 0.2) is 0 Å². The van der Waals surface area contributed by atoms with E-state index < -0.39 is 5.60 Å². The van der Waals surface area contributed by atoms with Gasteiger partial charge in [-0.25, -0.2) is 0 Å². The largest absolute Gasteiger partial charge is 0.387 e. The molecule has 1 amide bonds. The van der Waals surface area contributed by atoms with Crippen molar-refractivity contribution in [1.82, 2.24) is 5.32 Å². The second-order valence-electron chi connectivity index (χ2n) is 5.43. The highest BCUT2D eigenvalue weighted by molar-refractivity contribution is 7.98. The summed E-state index contributed by atoms with van der Waals surface area (Å²) < 4.78 is 0. The average Bonchev–Trinajstić information content (AvgIpc) is 2.69. The van der Waals surface area contributed by atoms with Gasteiger partial charge in [0, 0.05) is 18.2 Å². The molecule has 3 unspecified atom stereocenters. The maximum absolute atomic E-state index is 11.8. The number of rotatable bonds is 5. The van der Waals surface area contributed by atoms with E-state index in [2.05, 4.69) is 5.32 Å². The first kappa shape index (κ1) is 12.2. The van der Waals surface area contributed by atoms with Crippen molar-refractivity contribution in [1.29, 1.82) is 0 Å². The number of amides is 1. The summed E-state index contributed by atoms with van der Waals surface area (Å²) in [6.45, 7) is 2.15. The molecule has 4 heteroatoms. The molecule has 2 fully saturated rings. The minimum Gasteiger partial charge on any atom is -0.387 e. The highest BCUT2D eigenvalue weighted by atomic mass is 32.2. The Labute approximate surface area is 101 Å². The van der Waals surface area contributed by atoms with Crippen molar-refractivity contribution in [3.8, 4) is 0 Å². The summed E-state index contributed by atoms with van der Waals surface area (Å²) in [6, 6.07) is 0. The fourth-order valence-electron chi connectivity index (χ4n) is 2.97. The number of hydrogen-bond donors (Lipinski definition) is 2. The van der Waals surface area contributed by atoms with E-state index in [1.54, 1.807) is 18.7 Å². The van der Waals surface area contributed by atoms with Gasteiger partial charge in [0.1, 0.15) is 0 Å². The molecule has 92 valence electrons. The number of aliphatic hydroxyl groups is 1. The second kappa shape index (κ2) is 4.57. The molecule has 2 N–H and O–H groups in total. The zero-order valence-corrected chi connectivity index (χ0v) is 10.8. The first-order chi connectivity index (χ1) is 7.55. The third-order valence-electron chi connectivity index (χ3n) is 3.81. The Kier molecular flexibility index (Phi) is 3.50. The SMILES string of the molecule is CSCC(C)(O)CNC(=O)C1C2CCCC21. The normalized spacial score (nSPS) is 35.3. The van der Waals surface area contributed by atoms with Gasteiger partial charge in [-0.2, -0.15) is 11.8 Å². The van der Waals surface area contributed by atoms with Crippen LogP contribution < -0.4 is 5.32 Å². The predicted octanol–water partition coefficient (Wildman–Crippen LogP) is 1.26.